The maximum atomic E-state index is 13.5. The number of anilines is 1. The van der Waals surface area contributed by atoms with Crippen molar-refractivity contribution in [2.75, 3.05) is 5.43 Å². The van der Waals surface area contributed by atoms with Crippen molar-refractivity contribution in [1.29, 1.82) is 0 Å². The Morgan fingerprint density at radius 2 is 1.60 bits per heavy atom. The second kappa shape index (κ2) is 9.46. The number of amides is 2. The van der Waals surface area contributed by atoms with Crippen molar-refractivity contribution in [2.24, 2.45) is 5.92 Å². The van der Waals surface area contributed by atoms with E-state index in [9.17, 15) is 40.3 Å². The van der Waals surface area contributed by atoms with Gasteiger partial charge in [-0.1, -0.05) is 37.0 Å². The van der Waals surface area contributed by atoms with Crippen molar-refractivity contribution in [3.8, 4) is 0 Å². The highest BCUT2D eigenvalue weighted by Crippen LogP contribution is 2.46. The number of benzene rings is 1. The molecule has 0 aromatic heterocycles. The monoisotopic (exact) mass is 485 g/mol. The molecule has 0 saturated carbocycles. The number of hydrazine groups is 1. The number of carbonyl (C=O) groups is 2. The number of hydrogen-bond donors (Lipinski definition) is 3. The van der Waals surface area contributed by atoms with Gasteiger partial charge in [0.15, 0.2) is 0 Å². The van der Waals surface area contributed by atoms with Crippen molar-refractivity contribution in [3.05, 3.63) is 28.2 Å². The quantitative estimate of drug-likeness (QED) is 0.366. The number of nitrogens with one attached hydrogen (secondary N) is 3. The predicted octanol–water partition coefficient (Wildman–Crippen LogP) is 4.80. The van der Waals surface area contributed by atoms with Gasteiger partial charge in [0.05, 0.1) is 10.7 Å². The van der Waals surface area contributed by atoms with E-state index in [1.807, 2.05) is 5.43 Å². The second-order valence-corrected chi connectivity index (χ2v) is 7.38. The standard InChI is InChI=1S/C16H16Cl2F7N3O2/c1-7(2)5-11(12(29)28-27-10-4-3-8(17)6-9(10)18)26-13(30)14(19,20)15(21,22)16(23,24)25/h3-4,6-7,11,27H,5H2,1-2H3,(H,26,30)(H,28,29). The third kappa shape index (κ3) is 6.03. The molecular weight excluding hydrogens is 470 g/mol. The lowest BCUT2D eigenvalue weighted by Gasteiger charge is -2.29. The highest BCUT2D eigenvalue weighted by Gasteiger charge is 2.76. The fraction of sp³-hybridized carbons (Fsp3) is 0.500. The first kappa shape index (κ1) is 26.1. The predicted molar refractivity (Wildman–Crippen MR) is 95.6 cm³/mol. The Labute approximate surface area is 176 Å². The normalized spacial score (nSPS) is 13.7. The maximum absolute atomic E-state index is 13.5. The van der Waals surface area contributed by atoms with Gasteiger partial charge in [-0.05, 0) is 30.5 Å². The van der Waals surface area contributed by atoms with Gasteiger partial charge in [-0.25, -0.2) is 0 Å². The second-order valence-electron chi connectivity index (χ2n) is 6.54. The van der Waals surface area contributed by atoms with Crippen LogP contribution in [0.15, 0.2) is 18.2 Å². The summed E-state index contributed by atoms with van der Waals surface area (Å²) < 4.78 is 89.9. The van der Waals surface area contributed by atoms with Gasteiger partial charge in [-0.15, -0.1) is 0 Å². The lowest BCUT2D eigenvalue weighted by atomic mass is 10.0. The zero-order valence-electron chi connectivity index (χ0n) is 15.3. The van der Waals surface area contributed by atoms with Gasteiger partial charge in [-0.3, -0.25) is 20.4 Å². The number of carbonyl (C=O) groups excluding carboxylic acids is 2. The molecule has 0 spiro atoms. The molecular formula is C16H16Cl2F7N3O2. The fourth-order valence-corrected chi connectivity index (χ4v) is 2.54. The summed E-state index contributed by atoms with van der Waals surface area (Å²) in [6.45, 7) is 3.00. The number of alkyl halides is 7. The molecule has 1 aromatic carbocycles. The SMILES string of the molecule is CC(C)CC(NC(=O)C(F)(F)C(F)(F)C(F)(F)F)C(=O)NNc1ccc(Cl)cc1Cl. The lowest BCUT2D eigenvalue weighted by molar-refractivity contribution is -0.344. The van der Waals surface area contributed by atoms with Gasteiger partial charge >= 0.3 is 18.0 Å². The molecule has 1 aromatic rings. The van der Waals surface area contributed by atoms with E-state index in [1.54, 1.807) is 0 Å². The summed E-state index contributed by atoms with van der Waals surface area (Å²) in [6.07, 6.45) is -7.03. The third-order valence-corrected chi connectivity index (χ3v) is 4.16. The first-order valence-corrected chi connectivity index (χ1v) is 8.90. The van der Waals surface area contributed by atoms with Gasteiger partial charge < -0.3 is 5.32 Å². The van der Waals surface area contributed by atoms with Crippen LogP contribution >= 0.6 is 23.2 Å². The highest BCUT2D eigenvalue weighted by atomic mass is 35.5. The minimum absolute atomic E-state index is 0.0450. The van der Waals surface area contributed by atoms with E-state index in [1.165, 1.54) is 37.4 Å². The Hall–Kier alpha value is -1.95. The molecule has 0 radical (unpaired) electrons. The topological polar surface area (TPSA) is 70.2 Å². The summed E-state index contributed by atoms with van der Waals surface area (Å²) >= 11 is 11.6. The van der Waals surface area contributed by atoms with Crippen LogP contribution in [0.4, 0.5) is 36.4 Å². The minimum Gasteiger partial charge on any atom is -0.339 e. The van der Waals surface area contributed by atoms with E-state index in [4.69, 9.17) is 23.2 Å². The lowest BCUT2D eigenvalue weighted by Crippen LogP contribution is -2.62. The van der Waals surface area contributed by atoms with Gasteiger partial charge in [0.1, 0.15) is 6.04 Å². The van der Waals surface area contributed by atoms with Crippen molar-refractivity contribution < 1.29 is 40.3 Å². The summed E-state index contributed by atoms with van der Waals surface area (Å²) in [4.78, 5) is 23.8. The van der Waals surface area contributed by atoms with Crippen LogP contribution in [-0.2, 0) is 9.59 Å². The molecule has 2 amide bonds. The molecule has 0 fully saturated rings. The Morgan fingerprint density at radius 3 is 2.07 bits per heavy atom. The molecule has 30 heavy (non-hydrogen) atoms. The van der Waals surface area contributed by atoms with Gasteiger partial charge in [-0.2, -0.15) is 30.7 Å². The summed E-state index contributed by atoms with van der Waals surface area (Å²) in [6, 6.07) is 2.16. The van der Waals surface area contributed by atoms with E-state index in [0.29, 0.717) is 0 Å². The number of hydrogen-bond acceptors (Lipinski definition) is 3. The largest absolute Gasteiger partial charge is 0.460 e. The van der Waals surface area contributed by atoms with E-state index >= 15 is 0 Å². The van der Waals surface area contributed by atoms with Crippen molar-refractivity contribution >= 4 is 40.7 Å². The summed E-state index contributed by atoms with van der Waals surface area (Å²) in [5, 5.41) is 1.56. The average molecular weight is 486 g/mol. The molecule has 0 aliphatic heterocycles. The van der Waals surface area contributed by atoms with Crippen LogP contribution < -0.4 is 16.2 Å². The smallest absolute Gasteiger partial charge is 0.339 e. The molecule has 0 aliphatic carbocycles. The molecule has 0 aliphatic rings. The molecule has 1 unspecified atom stereocenters. The Balaban J connectivity index is 2.98. The van der Waals surface area contributed by atoms with Crippen LogP contribution in [0.1, 0.15) is 20.3 Å². The minimum atomic E-state index is -6.68. The summed E-state index contributed by atoms with van der Waals surface area (Å²) in [7, 11) is 0. The fourth-order valence-electron chi connectivity index (χ4n) is 2.08. The molecule has 1 atom stereocenters. The Bertz CT molecular complexity index is 789. The molecule has 1 rings (SSSR count). The van der Waals surface area contributed by atoms with Crippen molar-refractivity contribution in [2.45, 2.75) is 44.3 Å². The number of halogens is 9. The van der Waals surface area contributed by atoms with Crippen LogP contribution in [0.5, 0.6) is 0 Å². The van der Waals surface area contributed by atoms with Crippen LogP contribution in [0, 0.1) is 5.92 Å². The first-order chi connectivity index (χ1) is 13.5. The van der Waals surface area contributed by atoms with Crippen LogP contribution in [-0.4, -0.2) is 35.9 Å². The molecule has 14 heteroatoms. The third-order valence-electron chi connectivity index (χ3n) is 3.62. The Kier molecular flexibility index (Phi) is 8.23. The molecule has 5 nitrogen and oxygen atoms in total. The van der Waals surface area contributed by atoms with E-state index in [0.717, 1.165) is 0 Å². The van der Waals surface area contributed by atoms with E-state index in [2.05, 4.69) is 5.43 Å². The van der Waals surface area contributed by atoms with Crippen LogP contribution in [0.2, 0.25) is 10.0 Å². The summed E-state index contributed by atoms with van der Waals surface area (Å²) in [5.74, 6) is -17.4. The number of rotatable bonds is 8. The maximum Gasteiger partial charge on any atom is 0.460 e. The highest BCUT2D eigenvalue weighted by molar-refractivity contribution is 6.36. The van der Waals surface area contributed by atoms with Crippen LogP contribution in [0.25, 0.3) is 0 Å². The molecule has 3 N–H and O–H groups in total. The van der Waals surface area contributed by atoms with E-state index < -0.39 is 41.8 Å². The zero-order chi connectivity index (χ0) is 23.5. The average Bonchev–Trinajstić information content (AvgIpc) is 2.58. The van der Waals surface area contributed by atoms with Gasteiger partial charge in [0.2, 0.25) is 0 Å². The van der Waals surface area contributed by atoms with Gasteiger partial charge in [0.25, 0.3) is 11.8 Å². The summed E-state index contributed by atoms with van der Waals surface area (Å²) in [5.41, 5.74) is 4.42. The molecule has 0 saturated heterocycles. The van der Waals surface area contributed by atoms with Crippen LogP contribution in [0.3, 0.4) is 0 Å². The van der Waals surface area contributed by atoms with Gasteiger partial charge in [0, 0.05) is 5.02 Å². The van der Waals surface area contributed by atoms with Crippen molar-refractivity contribution in [3.63, 3.8) is 0 Å². The Morgan fingerprint density at radius 1 is 1.03 bits per heavy atom. The van der Waals surface area contributed by atoms with E-state index in [-0.39, 0.29) is 22.2 Å². The molecule has 0 bridgehead atoms. The zero-order valence-corrected chi connectivity index (χ0v) is 16.8. The molecule has 0 heterocycles. The first-order valence-electron chi connectivity index (χ1n) is 8.15. The molecule has 170 valence electrons. The van der Waals surface area contributed by atoms with Crippen molar-refractivity contribution in [1.82, 2.24) is 10.7 Å².